The number of nitrogens with zero attached hydrogens (tertiary/aromatic N) is 2. The van der Waals surface area contributed by atoms with Crippen LogP contribution in [0.3, 0.4) is 0 Å². The standard InChI is InChI=1S/C21H24N4O2S/c1-2-13-10-11-16-17(12-13)28-21(23-16)25-19(26)9-5-8-18-22-15-7-4-3-6-14(15)20(27)24-18/h3-4,6-7,13H,2,5,8-12H2,1H3,(H,22,24,27)(H,23,25,26). The van der Waals surface area contributed by atoms with Gasteiger partial charge in [0.2, 0.25) is 5.91 Å². The van der Waals surface area contributed by atoms with Gasteiger partial charge < -0.3 is 10.3 Å². The Morgan fingerprint density at radius 1 is 1.32 bits per heavy atom. The predicted molar refractivity (Wildman–Crippen MR) is 112 cm³/mol. The second-order valence-electron chi connectivity index (χ2n) is 7.34. The fraction of sp³-hybridized carbons (Fsp3) is 0.429. The molecule has 3 aromatic rings. The van der Waals surface area contributed by atoms with E-state index in [4.69, 9.17) is 0 Å². The van der Waals surface area contributed by atoms with E-state index in [1.54, 1.807) is 17.4 Å². The van der Waals surface area contributed by atoms with Crippen molar-refractivity contribution in [1.82, 2.24) is 15.0 Å². The van der Waals surface area contributed by atoms with Crippen molar-refractivity contribution in [2.75, 3.05) is 5.32 Å². The van der Waals surface area contributed by atoms with Crippen LogP contribution >= 0.6 is 11.3 Å². The molecule has 2 heterocycles. The lowest BCUT2D eigenvalue weighted by atomic mass is 9.89. The average molecular weight is 397 g/mol. The van der Waals surface area contributed by atoms with Gasteiger partial charge in [-0.15, -0.1) is 11.3 Å². The largest absolute Gasteiger partial charge is 0.310 e. The molecule has 1 aliphatic carbocycles. The molecule has 6 nitrogen and oxygen atoms in total. The zero-order chi connectivity index (χ0) is 19.5. The lowest BCUT2D eigenvalue weighted by Gasteiger charge is -2.18. The molecular weight excluding hydrogens is 372 g/mol. The third-order valence-corrected chi connectivity index (χ3v) is 6.38. The van der Waals surface area contributed by atoms with Crippen LogP contribution in [0.1, 0.15) is 49.0 Å². The number of aryl methyl sites for hydroxylation is 2. The molecule has 0 saturated carbocycles. The maximum Gasteiger partial charge on any atom is 0.258 e. The minimum Gasteiger partial charge on any atom is -0.310 e. The predicted octanol–water partition coefficient (Wildman–Crippen LogP) is 3.86. The number of carbonyl (C=O) groups excluding carboxylic acids is 1. The fourth-order valence-corrected chi connectivity index (χ4v) is 4.84. The van der Waals surface area contributed by atoms with Gasteiger partial charge in [0.15, 0.2) is 5.13 Å². The summed E-state index contributed by atoms with van der Waals surface area (Å²) in [7, 11) is 0. The molecule has 0 radical (unpaired) electrons. The number of H-pyrrole nitrogens is 1. The molecule has 0 saturated heterocycles. The lowest BCUT2D eigenvalue weighted by molar-refractivity contribution is -0.116. The molecule has 1 atom stereocenters. The summed E-state index contributed by atoms with van der Waals surface area (Å²) < 4.78 is 0. The van der Waals surface area contributed by atoms with E-state index in [1.807, 2.05) is 18.2 Å². The highest BCUT2D eigenvalue weighted by molar-refractivity contribution is 7.15. The molecule has 1 aliphatic rings. The van der Waals surface area contributed by atoms with E-state index in [0.717, 1.165) is 24.5 Å². The molecule has 4 rings (SSSR count). The number of aromatic amines is 1. The average Bonchev–Trinajstić information content (AvgIpc) is 3.09. The second-order valence-corrected chi connectivity index (χ2v) is 8.42. The number of aromatic nitrogens is 3. The summed E-state index contributed by atoms with van der Waals surface area (Å²) in [6.45, 7) is 2.23. The smallest absolute Gasteiger partial charge is 0.258 e. The molecule has 146 valence electrons. The first-order chi connectivity index (χ1) is 13.6. The third-order valence-electron chi connectivity index (χ3n) is 5.34. The molecule has 0 aliphatic heterocycles. The third kappa shape index (κ3) is 4.14. The highest BCUT2D eigenvalue weighted by Crippen LogP contribution is 2.33. The van der Waals surface area contributed by atoms with Gasteiger partial charge in [-0.05, 0) is 43.7 Å². The Bertz CT molecular complexity index is 1060. The van der Waals surface area contributed by atoms with Gasteiger partial charge in [0.1, 0.15) is 5.82 Å². The first-order valence-corrected chi connectivity index (χ1v) is 10.7. The molecule has 28 heavy (non-hydrogen) atoms. The van der Waals surface area contributed by atoms with Gasteiger partial charge in [-0.3, -0.25) is 9.59 Å². The van der Waals surface area contributed by atoms with Gasteiger partial charge in [-0.1, -0.05) is 25.5 Å². The number of benzene rings is 1. The Labute approximate surface area is 167 Å². The molecule has 2 N–H and O–H groups in total. The van der Waals surface area contributed by atoms with Crippen LogP contribution in [0, 0.1) is 5.92 Å². The van der Waals surface area contributed by atoms with Gasteiger partial charge in [0.25, 0.3) is 5.56 Å². The minimum absolute atomic E-state index is 0.0405. The van der Waals surface area contributed by atoms with Crippen molar-refractivity contribution in [2.45, 2.75) is 51.9 Å². The van der Waals surface area contributed by atoms with E-state index >= 15 is 0 Å². The Balaban J connectivity index is 1.32. The van der Waals surface area contributed by atoms with Crippen molar-refractivity contribution >= 4 is 33.3 Å². The van der Waals surface area contributed by atoms with E-state index in [-0.39, 0.29) is 11.5 Å². The SMILES string of the molecule is CCC1CCc2nc(NC(=O)CCCc3nc4ccccc4c(=O)[nH]3)sc2C1. The number of amides is 1. The van der Waals surface area contributed by atoms with Crippen molar-refractivity contribution < 1.29 is 4.79 Å². The van der Waals surface area contributed by atoms with Gasteiger partial charge in [-0.2, -0.15) is 0 Å². The van der Waals surface area contributed by atoms with Crippen LogP contribution in [0.25, 0.3) is 10.9 Å². The molecule has 0 fully saturated rings. The first kappa shape index (κ1) is 18.8. The molecule has 1 aromatic carbocycles. The number of fused-ring (bicyclic) bond motifs is 2. The molecule has 0 spiro atoms. The maximum absolute atomic E-state index is 12.3. The van der Waals surface area contributed by atoms with Crippen molar-refractivity contribution in [3.05, 3.63) is 51.0 Å². The van der Waals surface area contributed by atoms with Crippen molar-refractivity contribution in [2.24, 2.45) is 5.92 Å². The van der Waals surface area contributed by atoms with Gasteiger partial charge in [0, 0.05) is 17.7 Å². The summed E-state index contributed by atoms with van der Waals surface area (Å²) in [5, 5.41) is 4.23. The summed E-state index contributed by atoms with van der Waals surface area (Å²) in [5.74, 6) is 1.32. The number of nitrogens with one attached hydrogen (secondary N) is 2. The van der Waals surface area contributed by atoms with Crippen LogP contribution in [0.5, 0.6) is 0 Å². The van der Waals surface area contributed by atoms with Crippen LogP contribution < -0.4 is 10.9 Å². The number of anilines is 1. The summed E-state index contributed by atoms with van der Waals surface area (Å²) in [6.07, 6.45) is 6.04. The van der Waals surface area contributed by atoms with Crippen LogP contribution in [-0.2, 0) is 24.1 Å². The second kappa shape index (κ2) is 8.22. The molecule has 1 unspecified atom stereocenters. The van der Waals surface area contributed by atoms with Gasteiger partial charge in [0.05, 0.1) is 16.6 Å². The minimum atomic E-state index is -0.135. The van der Waals surface area contributed by atoms with E-state index in [0.29, 0.717) is 41.1 Å². The van der Waals surface area contributed by atoms with Crippen molar-refractivity contribution in [3.8, 4) is 0 Å². The first-order valence-electron chi connectivity index (χ1n) is 9.88. The van der Waals surface area contributed by atoms with E-state index in [1.165, 1.54) is 17.7 Å². The van der Waals surface area contributed by atoms with E-state index < -0.39 is 0 Å². The van der Waals surface area contributed by atoms with Crippen LogP contribution in [0.15, 0.2) is 29.1 Å². The highest BCUT2D eigenvalue weighted by Gasteiger charge is 2.22. The molecule has 7 heteroatoms. The van der Waals surface area contributed by atoms with Gasteiger partial charge >= 0.3 is 0 Å². The number of thiazole rings is 1. The number of hydrogen-bond acceptors (Lipinski definition) is 5. The molecule has 0 bridgehead atoms. The quantitative estimate of drug-likeness (QED) is 0.662. The Morgan fingerprint density at radius 3 is 3.04 bits per heavy atom. The van der Waals surface area contributed by atoms with E-state index in [9.17, 15) is 9.59 Å². The number of para-hydroxylation sites is 1. The molecule has 1 amide bonds. The fourth-order valence-electron chi connectivity index (χ4n) is 3.70. The normalized spacial score (nSPS) is 16.1. The maximum atomic E-state index is 12.3. The summed E-state index contributed by atoms with van der Waals surface area (Å²) >= 11 is 1.61. The topological polar surface area (TPSA) is 87.7 Å². The number of carbonyl (C=O) groups is 1. The van der Waals surface area contributed by atoms with Crippen molar-refractivity contribution in [1.29, 1.82) is 0 Å². The number of hydrogen-bond donors (Lipinski definition) is 2. The van der Waals surface area contributed by atoms with Crippen LogP contribution in [-0.4, -0.2) is 20.9 Å². The summed E-state index contributed by atoms with van der Waals surface area (Å²) in [6, 6.07) is 7.27. The Morgan fingerprint density at radius 2 is 2.18 bits per heavy atom. The van der Waals surface area contributed by atoms with Gasteiger partial charge in [-0.25, -0.2) is 9.97 Å². The van der Waals surface area contributed by atoms with E-state index in [2.05, 4.69) is 27.2 Å². The Kier molecular flexibility index (Phi) is 5.52. The van der Waals surface area contributed by atoms with Crippen LogP contribution in [0.4, 0.5) is 5.13 Å². The summed E-state index contributed by atoms with van der Waals surface area (Å²) in [5.41, 5.74) is 1.70. The monoisotopic (exact) mass is 396 g/mol. The highest BCUT2D eigenvalue weighted by atomic mass is 32.1. The summed E-state index contributed by atoms with van der Waals surface area (Å²) in [4.78, 5) is 37.6. The zero-order valence-electron chi connectivity index (χ0n) is 16.0. The Hall–Kier alpha value is -2.54. The molecule has 2 aromatic heterocycles. The van der Waals surface area contributed by atoms with Crippen molar-refractivity contribution in [3.63, 3.8) is 0 Å². The van der Waals surface area contributed by atoms with Crippen LogP contribution in [0.2, 0.25) is 0 Å². The number of rotatable bonds is 6. The zero-order valence-corrected chi connectivity index (χ0v) is 16.8. The molecular formula is C21H24N4O2S. The lowest BCUT2D eigenvalue weighted by Crippen LogP contribution is -2.14.